The molecule has 0 spiro atoms. The molecule has 1 heterocycles. The summed E-state index contributed by atoms with van der Waals surface area (Å²) in [6.07, 6.45) is 10.1. The molecule has 3 N–H and O–H groups in total. The molecule has 6 heteroatoms. The third-order valence-corrected chi connectivity index (χ3v) is 7.36. The predicted molar refractivity (Wildman–Crippen MR) is 146 cm³/mol. The number of carbonyl (C=O) groups is 1. The average molecular weight is 513 g/mol. The lowest BCUT2D eigenvalue weighted by molar-refractivity contribution is -0.147. The molecule has 5 nitrogen and oxygen atoms in total. The molecular weight excluding hydrogens is 472 g/mol. The van der Waals surface area contributed by atoms with Gasteiger partial charge in [-0.15, -0.1) is 0 Å². The standard InChI is InChI=1S/C30H40O5S/c1-21(2)35-30(34)11-6-4-3-5-10-26-27(29(33)19-28(26)32)15-14-25(31)13-12-22-8-7-9-23(18-22)24-16-17-36-20-24/h3,5,7-9,14-18,20-21,25-29,31-33H,4,6,10-13,19H2,1-2H3/b5-3-,15-14+/t25-,26-,27-,28+,29-/m1/s1. The molecule has 0 unspecified atom stereocenters. The van der Waals surface area contributed by atoms with Crippen molar-refractivity contribution in [3.05, 3.63) is 71.0 Å². The molecule has 0 bridgehead atoms. The average Bonchev–Trinajstić information content (AvgIpc) is 3.46. The van der Waals surface area contributed by atoms with Crippen LogP contribution >= 0.6 is 11.3 Å². The third kappa shape index (κ3) is 9.00. The van der Waals surface area contributed by atoms with E-state index in [2.05, 4.69) is 41.1 Å². The second-order valence-electron chi connectivity index (χ2n) is 9.95. The number of thiophene rings is 1. The smallest absolute Gasteiger partial charge is 0.306 e. The summed E-state index contributed by atoms with van der Waals surface area (Å²) in [5, 5.41) is 35.7. The monoisotopic (exact) mass is 512 g/mol. The zero-order valence-corrected chi connectivity index (χ0v) is 22.1. The van der Waals surface area contributed by atoms with E-state index in [-0.39, 0.29) is 23.9 Å². The summed E-state index contributed by atoms with van der Waals surface area (Å²) in [6.45, 7) is 3.68. The van der Waals surface area contributed by atoms with Crippen molar-refractivity contribution in [1.29, 1.82) is 0 Å². The number of aryl methyl sites for hydroxylation is 1. The fourth-order valence-corrected chi connectivity index (χ4v) is 5.43. The SMILES string of the molecule is CC(C)OC(=O)CCC/C=C\C[C@@H]1[C@@H](/C=C/[C@H](O)CCc2cccc(-c3ccsc3)c2)[C@H](O)C[C@@H]1O. The number of ether oxygens (including phenoxy) is 1. The highest BCUT2D eigenvalue weighted by Gasteiger charge is 2.39. The van der Waals surface area contributed by atoms with Crippen molar-refractivity contribution < 1.29 is 24.9 Å². The lowest BCUT2D eigenvalue weighted by Gasteiger charge is -2.19. The minimum absolute atomic E-state index is 0.0885. The van der Waals surface area contributed by atoms with Gasteiger partial charge in [-0.25, -0.2) is 0 Å². The van der Waals surface area contributed by atoms with Crippen LogP contribution in [-0.2, 0) is 16.0 Å². The van der Waals surface area contributed by atoms with E-state index in [0.29, 0.717) is 25.7 Å². The fourth-order valence-electron chi connectivity index (χ4n) is 4.77. The maximum atomic E-state index is 11.6. The van der Waals surface area contributed by atoms with Crippen molar-refractivity contribution in [1.82, 2.24) is 0 Å². The first kappa shape index (κ1) is 28.3. The quantitative estimate of drug-likeness (QED) is 0.182. The molecule has 1 aliphatic carbocycles. The molecule has 1 aromatic heterocycles. The Morgan fingerprint density at radius 2 is 2.00 bits per heavy atom. The van der Waals surface area contributed by atoms with E-state index >= 15 is 0 Å². The summed E-state index contributed by atoms with van der Waals surface area (Å²) in [6, 6.07) is 10.5. The van der Waals surface area contributed by atoms with Crippen LogP contribution in [0.3, 0.4) is 0 Å². The van der Waals surface area contributed by atoms with E-state index in [0.717, 1.165) is 19.3 Å². The van der Waals surface area contributed by atoms with E-state index in [1.807, 2.05) is 32.1 Å². The maximum Gasteiger partial charge on any atom is 0.306 e. The third-order valence-electron chi connectivity index (χ3n) is 6.68. The van der Waals surface area contributed by atoms with Crippen molar-refractivity contribution in [2.45, 2.75) is 83.2 Å². The van der Waals surface area contributed by atoms with Gasteiger partial charge in [-0.05, 0) is 85.4 Å². The van der Waals surface area contributed by atoms with E-state index < -0.39 is 18.3 Å². The van der Waals surface area contributed by atoms with E-state index in [4.69, 9.17) is 4.74 Å². The highest BCUT2D eigenvalue weighted by molar-refractivity contribution is 7.08. The summed E-state index contributed by atoms with van der Waals surface area (Å²) >= 11 is 1.68. The molecule has 2 aromatic rings. The predicted octanol–water partition coefficient (Wildman–Crippen LogP) is 5.69. The van der Waals surface area contributed by atoms with Crippen LogP contribution in [0.5, 0.6) is 0 Å². The van der Waals surface area contributed by atoms with Gasteiger partial charge in [0, 0.05) is 18.8 Å². The highest BCUT2D eigenvalue weighted by atomic mass is 32.1. The Balaban J connectivity index is 1.45. The summed E-state index contributed by atoms with van der Waals surface area (Å²) in [7, 11) is 0. The largest absolute Gasteiger partial charge is 0.463 e. The van der Waals surface area contributed by atoms with Gasteiger partial charge in [0.2, 0.25) is 0 Å². The number of unbranched alkanes of at least 4 members (excludes halogenated alkanes) is 1. The molecule has 1 saturated carbocycles. The van der Waals surface area contributed by atoms with Gasteiger partial charge >= 0.3 is 5.97 Å². The number of carbonyl (C=O) groups excluding carboxylic acids is 1. The molecule has 36 heavy (non-hydrogen) atoms. The van der Waals surface area contributed by atoms with Crippen molar-refractivity contribution in [2.24, 2.45) is 11.8 Å². The molecule has 1 aliphatic rings. The van der Waals surface area contributed by atoms with Gasteiger partial charge < -0.3 is 20.1 Å². The first-order valence-electron chi connectivity index (χ1n) is 13.0. The van der Waals surface area contributed by atoms with Gasteiger partial charge in [-0.3, -0.25) is 4.79 Å². The first-order valence-corrected chi connectivity index (χ1v) is 14.0. The lowest BCUT2D eigenvalue weighted by atomic mass is 9.89. The van der Waals surface area contributed by atoms with Crippen LogP contribution in [0.1, 0.15) is 57.9 Å². The summed E-state index contributed by atoms with van der Waals surface area (Å²) in [5.41, 5.74) is 3.58. The van der Waals surface area contributed by atoms with Crippen LogP contribution < -0.4 is 0 Å². The number of rotatable bonds is 13. The molecule has 0 saturated heterocycles. The lowest BCUT2D eigenvalue weighted by Crippen LogP contribution is -2.20. The Kier molecular flexibility index (Phi) is 11.4. The number of hydrogen-bond donors (Lipinski definition) is 3. The molecule has 3 rings (SSSR count). The van der Waals surface area contributed by atoms with E-state index in [1.165, 1.54) is 16.7 Å². The molecule has 0 radical (unpaired) electrons. The van der Waals surface area contributed by atoms with Crippen LogP contribution in [0.25, 0.3) is 11.1 Å². The maximum absolute atomic E-state index is 11.6. The van der Waals surface area contributed by atoms with Gasteiger partial charge in [0.1, 0.15) is 0 Å². The van der Waals surface area contributed by atoms with Gasteiger partial charge in [-0.2, -0.15) is 11.3 Å². The van der Waals surface area contributed by atoms with Gasteiger partial charge in [-0.1, -0.05) is 48.6 Å². The Morgan fingerprint density at radius 1 is 1.17 bits per heavy atom. The Bertz CT molecular complexity index is 981. The van der Waals surface area contributed by atoms with Crippen molar-refractivity contribution in [3.63, 3.8) is 0 Å². The van der Waals surface area contributed by atoms with Gasteiger partial charge in [0.25, 0.3) is 0 Å². The normalized spacial score (nSPS) is 23.2. The second-order valence-corrected chi connectivity index (χ2v) is 10.7. The number of allylic oxidation sites excluding steroid dienone is 2. The minimum Gasteiger partial charge on any atom is -0.463 e. The summed E-state index contributed by atoms with van der Waals surface area (Å²) in [4.78, 5) is 11.6. The fraction of sp³-hybridized carbons (Fsp3) is 0.500. The van der Waals surface area contributed by atoms with Crippen LogP contribution in [0, 0.1) is 11.8 Å². The van der Waals surface area contributed by atoms with Crippen LogP contribution in [0.2, 0.25) is 0 Å². The number of esters is 1. The Hall–Kier alpha value is -2.25. The zero-order chi connectivity index (χ0) is 25.9. The zero-order valence-electron chi connectivity index (χ0n) is 21.3. The molecule has 196 valence electrons. The number of hydrogen-bond acceptors (Lipinski definition) is 6. The van der Waals surface area contributed by atoms with Gasteiger partial charge in [0.05, 0.1) is 24.4 Å². The van der Waals surface area contributed by atoms with Crippen LogP contribution in [0.4, 0.5) is 0 Å². The number of aliphatic hydroxyl groups excluding tert-OH is 3. The topological polar surface area (TPSA) is 87.0 Å². The molecule has 5 atom stereocenters. The number of benzene rings is 1. The van der Waals surface area contributed by atoms with E-state index in [1.54, 1.807) is 17.4 Å². The second kappa shape index (κ2) is 14.5. The van der Waals surface area contributed by atoms with Crippen LogP contribution in [0.15, 0.2) is 65.4 Å². The Morgan fingerprint density at radius 3 is 2.75 bits per heavy atom. The van der Waals surface area contributed by atoms with E-state index in [9.17, 15) is 20.1 Å². The number of aliphatic hydroxyl groups is 3. The van der Waals surface area contributed by atoms with Crippen molar-refractivity contribution >= 4 is 17.3 Å². The molecular formula is C30H40O5S. The van der Waals surface area contributed by atoms with Crippen molar-refractivity contribution in [2.75, 3.05) is 0 Å². The molecule has 0 amide bonds. The summed E-state index contributed by atoms with van der Waals surface area (Å²) in [5.74, 6) is -0.457. The Labute approximate surface area is 219 Å². The van der Waals surface area contributed by atoms with Crippen molar-refractivity contribution in [3.8, 4) is 11.1 Å². The minimum atomic E-state index is -0.616. The molecule has 1 fully saturated rings. The summed E-state index contributed by atoms with van der Waals surface area (Å²) < 4.78 is 5.14. The van der Waals surface area contributed by atoms with Gasteiger partial charge in [0.15, 0.2) is 0 Å². The molecule has 0 aliphatic heterocycles. The highest BCUT2D eigenvalue weighted by Crippen LogP contribution is 2.36. The van der Waals surface area contributed by atoms with Crippen LogP contribution in [-0.4, -0.2) is 45.7 Å². The molecule has 1 aromatic carbocycles. The first-order chi connectivity index (χ1) is 17.3.